The molecular weight excluding hydrogens is 455 g/mol. The zero-order chi connectivity index (χ0) is 19.2. The van der Waals surface area contributed by atoms with E-state index in [0.717, 1.165) is 40.9 Å². The van der Waals surface area contributed by atoms with Crippen LogP contribution in [0.3, 0.4) is 0 Å². The molecule has 6 nitrogen and oxygen atoms in total. The first kappa shape index (κ1) is 19.2. The second kappa shape index (κ2) is 8.86. The second-order valence-electron chi connectivity index (χ2n) is 6.09. The number of ether oxygens (including phenoxy) is 1. The molecule has 0 amide bonds. The molecule has 1 N–H and O–H groups in total. The van der Waals surface area contributed by atoms with E-state index >= 15 is 0 Å². The number of rotatable bonds is 7. The number of hydrogen-bond acceptors (Lipinski definition) is 5. The third-order valence-corrected chi connectivity index (χ3v) is 4.54. The maximum absolute atomic E-state index is 9.25. The molecule has 3 aromatic rings. The van der Waals surface area contributed by atoms with Gasteiger partial charge in [0.1, 0.15) is 11.8 Å². The Balaban J connectivity index is 2.19. The minimum absolute atomic E-state index is 0.481. The van der Waals surface area contributed by atoms with Crippen LogP contribution in [0.25, 0.3) is 22.4 Å². The number of aromatic amines is 1. The van der Waals surface area contributed by atoms with Gasteiger partial charge in [-0.15, -0.1) is 0 Å². The number of halogens is 1. The Labute approximate surface area is 172 Å². The van der Waals surface area contributed by atoms with Crippen LogP contribution >= 0.6 is 23.0 Å². The molecule has 27 heavy (non-hydrogen) atoms. The van der Waals surface area contributed by atoms with Crippen molar-refractivity contribution in [2.75, 3.05) is 6.61 Å². The van der Waals surface area contributed by atoms with Gasteiger partial charge in [-0.25, -0.2) is 0 Å². The summed E-state index contributed by atoms with van der Waals surface area (Å²) in [6.45, 7) is 4.65. The van der Waals surface area contributed by atoms with Crippen LogP contribution in [-0.4, -0.2) is 21.8 Å². The highest BCUT2D eigenvalue weighted by atomic mass is 127. The van der Waals surface area contributed by atoms with Gasteiger partial charge in [0.25, 0.3) is 0 Å². The van der Waals surface area contributed by atoms with Gasteiger partial charge in [-0.05, 0) is 37.6 Å². The summed E-state index contributed by atoms with van der Waals surface area (Å²) in [5.41, 5.74) is 4.63. The number of nitrogens with one attached hydrogen (secondary N) is 1. The largest absolute Gasteiger partial charge is 0.493 e. The van der Waals surface area contributed by atoms with Crippen molar-refractivity contribution in [3.63, 3.8) is 0 Å². The monoisotopic (exact) mass is 474 g/mol. The first-order valence-corrected chi connectivity index (χ1v) is 9.52. The summed E-state index contributed by atoms with van der Waals surface area (Å²) in [5, 5.41) is 16.5. The predicted molar refractivity (Wildman–Crippen MR) is 112 cm³/mol. The summed E-state index contributed by atoms with van der Waals surface area (Å²) in [5.74, 6) is 1.34. The van der Waals surface area contributed by atoms with Crippen molar-refractivity contribution in [3.8, 4) is 40.0 Å². The Kier molecular flexibility index (Phi) is 6.29. The molecule has 0 fully saturated rings. The van der Waals surface area contributed by atoms with E-state index in [4.69, 9.17) is 7.80 Å². The first-order chi connectivity index (χ1) is 13.2. The quantitative estimate of drug-likeness (QED) is 0.375. The SMILES string of the molecule is CCCCOc1ccc(-c2cc(C)n[nH]2)c(OI)c1-c1cncc(C#N)c1. The molecule has 2 aromatic heterocycles. The zero-order valence-corrected chi connectivity index (χ0v) is 17.3. The molecule has 0 unspecified atom stereocenters. The summed E-state index contributed by atoms with van der Waals surface area (Å²) < 4.78 is 11.8. The van der Waals surface area contributed by atoms with Gasteiger partial charge in [-0.3, -0.25) is 10.1 Å². The van der Waals surface area contributed by atoms with Gasteiger partial charge in [0, 0.05) is 23.5 Å². The average Bonchev–Trinajstić information content (AvgIpc) is 3.13. The van der Waals surface area contributed by atoms with Gasteiger partial charge in [0.2, 0.25) is 0 Å². The highest BCUT2D eigenvalue weighted by Crippen LogP contribution is 2.45. The molecule has 7 heteroatoms. The minimum atomic E-state index is 0.481. The Bertz CT molecular complexity index is 978. The third-order valence-electron chi connectivity index (χ3n) is 4.10. The number of H-pyrrole nitrogens is 1. The predicted octanol–water partition coefficient (Wildman–Crippen LogP) is 5.23. The summed E-state index contributed by atoms with van der Waals surface area (Å²) in [7, 11) is 0. The molecule has 0 aliphatic rings. The van der Waals surface area contributed by atoms with Crippen molar-refractivity contribution in [2.24, 2.45) is 0 Å². The number of pyridine rings is 1. The molecule has 0 saturated heterocycles. The lowest BCUT2D eigenvalue weighted by Crippen LogP contribution is -2.00. The van der Waals surface area contributed by atoms with Crippen LogP contribution in [0.5, 0.6) is 11.5 Å². The van der Waals surface area contributed by atoms with E-state index in [1.54, 1.807) is 12.3 Å². The summed E-state index contributed by atoms with van der Waals surface area (Å²) in [6, 6.07) is 9.76. The highest BCUT2D eigenvalue weighted by Gasteiger charge is 2.20. The van der Waals surface area contributed by atoms with Gasteiger partial charge in [0.15, 0.2) is 28.8 Å². The van der Waals surface area contributed by atoms with Crippen LogP contribution in [-0.2, 0) is 0 Å². The van der Waals surface area contributed by atoms with Crippen molar-refractivity contribution in [1.29, 1.82) is 5.26 Å². The van der Waals surface area contributed by atoms with Gasteiger partial charge in [0.05, 0.1) is 29.1 Å². The topological polar surface area (TPSA) is 83.8 Å². The number of aryl methyl sites for hydroxylation is 1. The summed E-state index contributed by atoms with van der Waals surface area (Å²) in [4.78, 5) is 4.20. The Morgan fingerprint density at radius 1 is 1.26 bits per heavy atom. The Morgan fingerprint density at radius 3 is 2.78 bits per heavy atom. The molecule has 1 aromatic carbocycles. The zero-order valence-electron chi connectivity index (χ0n) is 15.1. The Morgan fingerprint density at radius 2 is 2.11 bits per heavy atom. The number of benzene rings is 1. The van der Waals surface area contributed by atoms with E-state index < -0.39 is 0 Å². The fourth-order valence-electron chi connectivity index (χ4n) is 2.77. The molecule has 138 valence electrons. The fraction of sp³-hybridized carbons (Fsp3) is 0.250. The van der Waals surface area contributed by atoms with Crippen molar-refractivity contribution in [2.45, 2.75) is 26.7 Å². The van der Waals surface area contributed by atoms with Gasteiger partial charge >= 0.3 is 0 Å². The van der Waals surface area contributed by atoms with E-state index in [9.17, 15) is 5.26 Å². The standard InChI is InChI=1S/C20H19IN4O2/c1-3-4-7-26-18-6-5-16(17-8-13(2)24-25-17)20(27-21)19(18)15-9-14(10-22)11-23-12-15/h5-6,8-9,11-12H,3-4,7H2,1-2H3,(H,24,25). The lowest BCUT2D eigenvalue weighted by molar-refractivity contribution is 0.310. The molecule has 0 aliphatic carbocycles. The molecule has 0 aliphatic heterocycles. The number of unbranched alkanes of at least 4 members (excludes halogenated alkanes) is 1. The number of hydrogen-bond donors (Lipinski definition) is 1. The molecule has 0 bridgehead atoms. The molecule has 0 atom stereocenters. The number of nitriles is 1. The van der Waals surface area contributed by atoms with Gasteiger partial charge in [-0.1, -0.05) is 13.3 Å². The Hall–Kier alpha value is -2.60. The first-order valence-electron chi connectivity index (χ1n) is 8.64. The smallest absolute Gasteiger partial charge is 0.192 e. The summed E-state index contributed by atoms with van der Waals surface area (Å²) >= 11 is 1.87. The molecular formula is C20H19IN4O2. The van der Waals surface area contributed by atoms with E-state index in [0.29, 0.717) is 23.7 Å². The molecule has 0 saturated carbocycles. The molecule has 3 rings (SSSR count). The van der Waals surface area contributed by atoms with E-state index in [2.05, 4.69) is 28.2 Å². The van der Waals surface area contributed by atoms with Gasteiger partial charge in [-0.2, -0.15) is 10.4 Å². The van der Waals surface area contributed by atoms with E-state index in [1.165, 1.54) is 6.20 Å². The van der Waals surface area contributed by atoms with Crippen molar-refractivity contribution in [3.05, 3.63) is 47.9 Å². The fourth-order valence-corrected chi connectivity index (χ4v) is 3.23. The van der Waals surface area contributed by atoms with Crippen LogP contribution in [0.15, 0.2) is 36.7 Å². The third kappa shape index (κ3) is 4.22. The minimum Gasteiger partial charge on any atom is -0.493 e. The van der Waals surface area contributed by atoms with Crippen molar-refractivity contribution in [1.82, 2.24) is 15.2 Å². The summed E-state index contributed by atoms with van der Waals surface area (Å²) in [6.07, 6.45) is 5.25. The second-order valence-corrected chi connectivity index (χ2v) is 6.53. The van der Waals surface area contributed by atoms with Crippen LogP contribution in [0.2, 0.25) is 0 Å². The average molecular weight is 474 g/mol. The maximum Gasteiger partial charge on any atom is 0.192 e. The molecule has 0 spiro atoms. The maximum atomic E-state index is 9.25. The number of aromatic nitrogens is 3. The lowest BCUT2D eigenvalue weighted by atomic mass is 9.99. The van der Waals surface area contributed by atoms with Crippen molar-refractivity contribution < 1.29 is 7.80 Å². The van der Waals surface area contributed by atoms with E-state index in [-0.39, 0.29) is 0 Å². The van der Waals surface area contributed by atoms with Crippen LogP contribution in [0.1, 0.15) is 31.0 Å². The van der Waals surface area contributed by atoms with Crippen LogP contribution in [0, 0.1) is 18.3 Å². The molecule has 0 radical (unpaired) electrons. The van der Waals surface area contributed by atoms with Crippen LogP contribution in [0.4, 0.5) is 0 Å². The van der Waals surface area contributed by atoms with Gasteiger partial charge < -0.3 is 7.80 Å². The lowest BCUT2D eigenvalue weighted by Gasteiger charge is -2.17. The highest BCUT2D eigenvalue weighted by molar-refractivity contribution is 14.1. The van der Waals surface area contributed by atoms with E-state index in [1.807, 2.05) is 48.1 Å². The van der Waals surface area contributed by atoms with Crippen molar-refractivity contribution >= 4 is 23.0 Å². The normalized spacial score (nSPS) is 10.4. The number of nitrogens with zero attached hydrogens (tertiary/aromatic N) is 3. The molecule has 2 heterocycles. The van der Waals surface area contributed by atoms with Crippen LogP contribution < -0.4 is 7.80 Å².